The Kier molecular flexibility index (Phi) is 5.63. The summed E-state index contributed by atoms with van der Waals surface area (Å²) in [5, 5.41) is 12.1. The second kappa shape index (κ2) is 6.99. The molecule has 0 radical (unpaired) electrons. The highest BCUT2D eigenvalue weighted by atomic mass is 35.5. The molecule has 1 aromatic carbocycles. The Bertz CT molecular complexity index is 457. The fourth-order valence-corrected chi connectivity index (χ4v) is 1.77. The van der Waals surface area contributed by atoms with Gasteiger partial charge in [-0.05, 0) is 31.5 Å². The van der Waals surface area contributed by atoms with E-state index in [1.54, 1.807) is 17.0 Å². The molecule has 104 valence electrons. The summed E-state index contributed by atoms with van der Waals surface area (Å²) in [6.07, 6.45) is 0.258. The van der Waals surface area contributed by atoms with Gasteiger partial charge >= 0.3 is 0 Å². The van der Waals surface area contributed by atoms with Crippen LogP contribution in [-0.4, -0.2) is 34.4 Å². The van der Waals surface area contributed by atoms with E-state index in [0.717, 1.165) is 5.56 Å². The van der Waals surface area contributed by atoms with E-state index in [1.807, 2.05) is 26.0 Å². The van der Waals surface area contributed by atoms with Crippen molar-refractivity contribution in [1.29, 1.82) is 0 Å². The number of oxime groups is 1. The Labute approximate surface area is 117 Å². The maximum atomic E-state index is 12.2. The van der Waals surface area contributed by atoms with Crippen molar-refractivity contribution in [2.24, 2.45) is 10.9 Å². The van der Waals surface area contributed by atoms with E-state index >= 15 is 0 Å². The second-order valence-corrected chi connectivity index (χ2v) is 4.95. The summed E-state index contributed by atoms with van der Waals surface area (Å²) < 4.78 is 0. The third-order valence-electron chi connectivity index (χ3n) is 2.67. The Morgan fingerprint density at radius 3 is 2.47 bits per heavy atom. The van der Waals surface area contributed by atoms with Gasteiger partial charge in [-0.15, -0.1) is 0 Å². The molecule has 1 amide bonds. The number of nitrogens with two attached hydrogens (primary N) is 1. The number of benzene rings is 1. The predicted octanol–water partition coefficient (Wildman–Crippen LogP) is 1.87. The summed E-state index contributed by atoms with van der Waals surface area (Å²) in [7, 11) is 0. The van der Waals surface area contributed by atoms with Crippen molar-refractivity contribution < 1.29 is 10.0 Å². The Morgan fingerprint density at radius 1 is 1.42 bits per heavy atom. The van der Waals surface area contributed by atoms with Crippen LogP contribution < -0.4 is 5.73 Å². The molecule has 0 aromatic heterocycles. The molecule has 0 aliphatic rings. The van der Waals surface area contributed by atoms with E-state index in [-0.39, 0.29) is 30.8 Å². The summed E-state index contributed by atoms with van der Waals surface area (Å²) in [4.78, 5) is 13.8. The van der Waals surface area contributed by atoms with Gasteiger partial charge in [-0.25, -0.2) is 0 Å². The monoisotopic (exact) mass is 283 g/mol. The first-order valence-electron chi connectivity index (χ1n) is 5.94. The zero-order valence-corrected chi connectivity index (χ0v) is 11.8. The molecular weight excluding hydrogens is 266 g/mol. The number of carbonyl (C=O) groups is 1. The number of hydrogen-bond acceptors (Lipinski definition) is 3. The van der Waals surface area contributed by atoms with Gasteiger partial charge in [-0.3, -0.25) is 4.79 Å². The van der Waals surface area contributed by atoms with E-state index in [0.29, 0.717) is 5.02 Å². The first kappa shape index (κ1) is 15.3. The van der Waals surface area contributed by atoms with Crippen molar-refractivity contribution in [1.82, 2.24) is 4.90 Å². The molecule has 0 bridgehead atoms. The van der Waals surface area contributed by atoms with E-state index in [1.165, 1.54) is 0 Å². The molecule has 5 nitrogen and oxygen atoms in total. The van der Waals surface area contributed by atoms with E-state index < -0.39 is 0 Å². The summed E-state index contributed by atoms with van der Waals surface area (Å²) in [5.74, 6) is -0.0675. The van der Waals surface area contributed by atoms with Gasteiger partial charge in [0.2, 0.25) is 5.91 Å². The molecular formula is C13H18ClN3O2. The molecule has 6 heteroatoms. The number of amidine groups is 1. The first-order valence-corrected chi connectivity index (χ1v) is 6.32. The predicted molar refractivity (Wildman–Crippen MR) is 75.4 cm³/mol. The molecule has 3 N–H and O–H groups in total. The molecule has 0 unspecified atom stereocenters. The van der Waals surface area contributed by atoms with Crippen LogP contribution in [0.3, 0.4) is 0 Å². The van der Waals surface area contributed by atoms with Crippen molar-refractivity contribution in [3.8, 4) is 0 Å². The summed E-state index contributed by atoms with van der Waals surface area (Å²) in [6, 6.07) is 7.07. The van der Waals surface area contributed by atoms with Crippen molar-refractivity contribution in [3.63, 3.8) is 0 Å². The molecule has 0 atom stereocenters. The van der Waals surface area contributed by atoms with Crippen LogP contribution in [0.15, 0.2) is 29.4 Å². The minimum atomic E-state index is -0.0797. The fourth-order valence-electron chi connectivity index (χ4n) is 1.64. The van der Waals surface area contributed by atoms with Crippen LogP contribution >= 0.6 is 11.6 Å². The number of hydrogen-bond donors (Lipinski definition) is 2. The zero-order valence-electron chi connectivity index (χ0n) is 11.0. The highest BCUT2D eigenvalue weighted by molar-refractivity contribution is 6.30. The third kappa shape index (κ3) is 4.79. The largest absolute Gasteiger partial charge is 0.409 e. The van der Waals surface area contributed by atoms with Gasteiger partial charge in [0.1, 0.15) is 0 Å². The highest BCUT2D eigenvalue weighted by Crippen LogP contribution is 2.11. The number of rotatable bonds is 5. The van der Waals surface area contributed by atoms with Crippen LogP contribution in [0.25, 0.3) is 0 Å². The van der Waals surface area contributed by atoms with E-state index in [4.69, 9.17) is 22.5 Å². The van der Waals surface area contributed by atoms with Crippen molar-refractivity contribution >= 4 is 23.3 Å². The molecule has 0 spiro atoms. The van der Waals surface area contributed by atoms with Crippen LogP contribution in [-0.2, 0) is 11.2 Å². The van der Waals surface area contributed by atoms with Crippen molar-refractivity contribution in [3.05, 3.63) is 34.9 Å². The van der Waals surface area contributed by atoms with E-state index in [9.17, 15) is 4.79 Å². The second-order valence-electron chi connectivity index (χ2n) is 4.51. The number of nitrogens with zero attached hydrogens (tertiary/aromatic N) is 2. The van der Waals surface area contributed by atoms with Crippen LogP contribution in [0.4, 0.5) is 0 Å². The lowest BCUT2D eigenvalue weighted by atomic mass is 10.1. The molecule has 0 heterocycles. The minimum absolute atomic E-state index is 0.0122. The van der Waals surface area contributed by atoms with Gasteiger partial charge in [-0.2, -0.15) is 0 Å². The van der Waals surface area contributed by atoms with Crippen LogP contribution in [0.1, 0.15) is 19.4 Å². The maximum absolute atomic E-state index is 12.2. The highest BCUT2D eigenvalue weighted by Gasteiger charge is 2.18. The molecule has 0 aliphatic carbocycles. The zero-order chi connectivity index (χ0) is 14.4. The SMILES string of the molecule is CC(C)N(CC(N)=NO)C(=O)Cc1ccc(Cl)cc1. The van der Waals surface area contributed by atoms with Gasteiger partial charge < -0.3 is 15.8 Å². The van der Waals surface area contributed by atoms with Gasteiger partial charge in [0, 0.05) is 11.1 Å². The van der Waals surface area contributed by atoms with E-state index in [2.05, 4.69) is 5.16 Å². The lowest BCUT2D eigenvalue weighted by Crippen LogP contribution is -2.43. The smallest absolute Gasteiger partial charge is 0.227 e. The molecule has 19 heavy (non-hydrogen) atoms. The van der Waals surface area contributed by atoms with Crippen molar-refractivity contribution in [2.75, 3.05) is 6.54 Å². The average Bonchev–Trinajstić information content (AvgIpc) is 2.37. The molecule has 1 rings (SSSR count). The molecule has 0 saturated carbocycles. The molecule has 0 aliphatic heterocycles. The molecule has 1 aromatic rings. The Hall–Kier alpha value is -1.75. The van der Waals surface area contributed by atoms with Gasteiger partial charge in [0.05, 0.1) is 13.0 Å². The fraction of sp³-hybridized carbons (Fsp3) is 0.385. The lowest BCUT2D eigenvalue weighted by molar-refractivity contribution is -0.131. The Balaban J connectivity index is 2.74. The van der Waals surface area contributed by atoms with Crippen LogP contribution in [0.2, 0.25) is 5.02 Å². The van der Waals surface area contributed by atoms with Gasteiger partial charge in [0.25, 0.3) is 0 Å². The maximum Gasteiger partial charge on any atom is 0.227 e. The summed E-state index contributed by atoms with van der Waals surface area (Å²) >= 11 is 5.79. The van der Waals surface area contributed by atoms with Crippen molar-refractivity contribution in [2.45, 2.75) is 26.3 Å². The Morgan fingerprint density at radius 2 is 2.00 bits per heavy atom. The molecule has 0 saturated heterocycles. The quantitative estimate of drug-likeness (QED) is 0.375. The lowest BCUT2D eigenvalue weighted by Gasteiger charge is -2.26. The topological polar surface area (TPSA) is 78.9 Å². The van der Waals surface area contributed by atoms with Gasteiger partial charge in [0.15, 0.2) is 5.84 Å². The number of halogens is 1. The number of amides is 1. The number of carbonyl (C=O) groups excluding carboxylic acids is 1. The van der Waals surface area contributed by atoms with Crippen LogP contribution in [0, 0.1) is 0 Å². The average molecular weight is 284 g/mol. The standard InChI is InChI=1S/C13H18ClN3O2/c1-9(2)17(8-12(15)16-19)13(18)7-10-3-5-11(14)6-4-10/h3-6,9,19H,7-8H2,1-2H3,(H2,15,16). The molecule has 0 fully saturated rings. The minimum Gasteiger partial charge on any atom is -0.409 e. The first-order chi connectivity index (χ1) is 8.93. The third-order valence-corrected chi connectivity index (χ3v) is 2.93. The van der Waals surface area contributed by atoms with Gasteiger partial charge in [-0.1, -0.05) is 28.9 Å². The van der Waals surface area contributed by atoms with Crippen LogP contribution in [0.5, 0.6) is 0 Å². The summed E-state index contributed by atoms with van der Waals surface area (Å²) in [5.41, 5.74) is 6.33. The summed E-state index contributed by atoms with van der Waals surface area (Å²) in [6.45, 7) is 3.87. The normalized spacial score (nSPS) is 11.7.